The number of amides is 1. The van der Waals surface area contributed by atoms with Crippen molar-refractivity contribution in [1.29, 1.82) is 0 Å². The van der Waals surface area contributed by atoms with Crippen LogP contribution in [0.5, 0.6) is 0 Å². The summed E-state index contributed by atoms with van der Waals surface area (Å²) in [5, 5.41) is 9.93. The maximum atomic E-state index is 13.0. The highest BCUT2D eigenvalue weighted by Crippen LogP contribution is 2.31. The van der Waals surface area contributed by atoms with Crippen LogP contribution in [0.25, 0.3) is 5.69 Å². The molecule has 9 heteroatoms. The van der Waals surface area contributed by atoms with E-state index in [-0.39, 0.29) is 36.0 Å². The molecule has 1 amide bonds. The van der Waals surface area contributed by atoms with Crippen LogP contribution in [-0.4, -0.2) is 28.3 Å². The van der Waals surface area contributed by atoms with Crippen LogP contribution >= 0.6 is 12.4 Å². The summed E-state index contributed by atoms with van der Waals surface area (Å²) in [6.45, 7) is 4.94. The van der Waals surface area contributed by atoms with E-state index < -0.39 is 11.9 Å². The third-order valence-corrected chi connectivity index (χ3v) is 4.64. The minimum absolute atomic E-state index is 0. The van der Waals surface area contributed by atoms with Crippen LogP contribution in [0.15, 0.2) is 36.5 Å². The zero-order valence-corrected chi connectivity index (χ0v) is 15.8. The number of rotatable bonds is 4. The van der Waals surface area contributed by atoms with E-state index >= 15 is 0 Å². The first kappa shape index (κ1) is 21.2. The van der Waals surface area contributed by atoms with Gasteiger partial charge in [-0.05, 0) is 49.2 Å². The standard InChI is InChI=1S/C18H21F3N4O.ClH/c1-11(2)16-14(7-9-22-16)17(26)24-12-3-5-13(6-4-12)25-15(8-10-23-25)18(19,20)21;/h3-6,8,10-11,14,16,22H,7,9H2,1-2H3,(H,24,26);1H. The molecule has 2 unspecified atom stereocenters. The molecule has 148 valence electrons. The largest absolute Gasteiger partial charge is 0.433 e. The van der Waals surface area contributed by atoms with Gasteiger partial charge in [0, 0.05) is 11.7 Å². The van der Waals surface area contributed by atoms with E-state index in [4.69, 9.17) is 0 Å². The van der Waals surface area contributed by atoms with Gasteiger partial charge in [-0.3, -0.25) is 4.79 Å². The van der Waals surface area contributed by atoms with Crippen molar-refractivity contribution in [2.24, 2.45) is 11.8 Å². The third-order valence-electron chi connectivity index (χ3n) is 4.64. The number of halogens is 4. The molecule has 1 aromatic heterocycles. The Hall–Kier alpha value is -2.06. The summed E-state index contributed by atoms with van der Waals surface area (Å²) in [6.07, 6.45) is -2.60. The molecule has 0 radical (unpaired) electrons. The number of carbonyl (C=O) groups is 1. The molecule has 5 nitrogen and oxygen atoms in total. The lowest BCUT2D eigenvalue weighted by atomic mass is 9.91. The molecule has 27 heavy (non-hydrogen) atoms. The van der Waals surface area contributed by atoms with Gasteiger partial charge in [0.2, 0.25) is 5.91 Å². The number of anilines is 1. The Labute approximate surface area is 161 Å². The van der Waals surface area contributed by atoms with Crippen molar-refractivity contribution >= 4 is 24.0 Å². The van der Waals surface area contributed by atoms with E-state index in [0.29, 0.717) is 11.6 Å². The number of alkyl halides is 3. The first-order chi connectivity index (χ1) is 12.3. The van der Waals surface area contributed by atoms with Gasteiger partial charge in [-0.15, -0.1) is 12.4 Å². The highest BCUT2D eigenvalue weighted by molar-refractivity contribution is 5.93. The SMILES string of the molecule is CC(C)C1NCCC1C(=O)Nc1ccc(-n2nccc2C(F)(F)F)cc1.Cl. The Kier molecular flexibility index (Phi) is 6.54. The Morgan fingerprint density at radius 2 is 1.93 bits per heavy atom. The van der Waals surface area contributed by atoms with Gasteiger partial charge in [0.15, 0.2) is 0 Å². The predicted octanol–water partition coefficient (Wildman–Crippen LogP) is 3.89. The number of hydrogen-bond donors (Lipinski definition) is 2. The lowest BCUT2D eigenvalue weighted by Crippen LogP contribution is -2.38. The minimum Gasteiger partial charge on any atom is -0.326 e. The molecular weight excluding hydrogens is 381 g/mol. The molecule has 1 saturated heterocycles. The fraction of sp³-hybridized carbons (Fsp3) is 0.444. The van der Waals surface area contributed by atoms with E-state index in [1.54, 1.807) is 12.1 Å². The first-order valence-corrected chi connectivity index (χ1v) is 8.53. The van der Waals surface area contributed by atoms with E-state index in [9.17, 15) is 18.0 Å². The number of benzene rings is 1. The van der Waals surface area contributed by atoms with Crippen LogP contribution in [0.1, 0.15) is 26.0 Å². The molecule has 0 bridgehead atoms. The lowest BCUT2D eigenvalue weighted by molar-refractivity contribution is -0.142. The van der Waals surface area contributed by atoms with Crippen molar-refractivity contribution in [2.45, 2.75) is 32.5 Å². The number of carbonyl (C=O) groups excluding carboxylic acids is 1. The normalized spacial score (nSPS) is 19.8. The van der Waals surface area contributed by atoms with Gasteiger partial charge in [0.1, 0.15) is 5.69 Å². The summed E-state index contributed by atoms with van der Waals surface area (Å²) >= 11 is 0. The van der Waals surface area contributed by atoms with Crippen molar-refractivity contribution in [3.63, 3.8) is 0 Å². The van der Waals surface area contributed by atoms with Gasteiger partial charge in [-0.25, -0.2) is 4.68 Å². The lowest BCUT2D eigenvalue weighted by Gasteiger charge is -2.22. The number of hydrogen-bond acceptors (Lipinski definition) is 3. The maximum Gasteiger partial charge on any atom is 0.433 e. The second-order valence-corrected chi connectivity index (χ2v) is 6.78. The summed E-state index contributed by atoms with van der Waals surface area (Å²) in [5.41, 5.74) is -0.0112. The summed E-state index contributed by atoms with van der Waals surface area (Å²) in [7, 11) is 0. The quantitative estimate of drug-likeness (QED) is 0.815. The summed E-state index contributed by atoms with van der Waals surface area (Å²) in [5.74, 6) is 0.158. The van der Waals surface area contributed by atoms with Crippen LogP contribution < -0.4 is 10.6 Å². The summed E-state index contributed by atoms with van der Waals surface area (Å²) in [6, 6.07) is 7.24. The van der Waals surface area contributed by atoms with E-state index in [1.165, 1.54) is 12.1 Å². The fourth-order valence-electron chi connectivity index (χ4n) is 3.37. The highest BCUT2D eigenvalue weighted by atomic mass is 35.5. The van der Waals surface area contributed by atoms with Crippen LogP contribution in [0.4, 0.5) is 18.9 Å². The van der Waals surface area contributed by atoms with E-state index in [0.717, 1.165) is 29.9 Å². The third kappa shape index (κ3) is 4.62. The molecule has 2 aromatic rings. The molecule has 0 saturated carbocycles. The number of nitrogens with one attached hydrogen (secondary N) is 2. The molecule has 2 atom stereocenters. The Bertz CT molecular complexity index is 774. The number of aromatic nitrogens is 2. The Morgan fingerprint density at radius 1 is 1.26 bits per heavy atom. The zero-order chi connectivity index (χ0) is 18.9. The molecule has 1 aliphatic rings. The fourth-order valence-corrected chi connectivity index (χ4v) is 3.37. The van der Waals surface area contributed by atoms with Crippen LogP contribution in [-0.2, 0) is 11.0 Å². The molecule has 0 aliphatic carbocycles. The van der Waals surface area contributed by atoms with E-state index in [2.05, 4.69) is 29.6 Å². The van der Waals surface area contributed by atoms with Crippen molar-refractivity contribution in [2.75, 3.05) is 11.9 Å². The topological polar surface area (TPSA) is 59.0 Å². The highest BCUT2D eigenvalue weighted by Gasteiger charge is 2.36. The zero-order valence-electron chi connectivity index (χ0n) is 15.0. The van der Waals surface area contributed by atoms with Crippen LogP contribution in [0.2, 0.25) is 0 Å². The maximum absolute atomic E-state index is 13.0. The molecule has 1 aliphatic heterocycles. The van der Waals surface area contributed by atoms with Crippen LogP contribution in [0, 0.1) is 11.8 Å². The average molecular weight is 403 g/mol. The van der Waals surface area contributed by atoms with Gasteiger partial charge in [-0.2, -0.15) is 18.3 Å². The smallest absolute Gasteiger partial charge is 0.326 e. The first-order valence-electron chi connectivity index (χ1n) is 8.53. The molecular formula is C18H22ClF3N4O. The monoisotopic (exact) mass is 402 g/mol. The van der Waals surface area contributed by atoms with E-state index in [1.807, 2.05) is 0 Å². The van der Waals surface area contributed by atoms with Crippen molar-refractivity contribution in [3.8, 4) is 5.69 Å². The summed E-state index contributed by atoms with van der Waals surface area (Å²) < 4.78 is 39.7. The molecule has 1 aromatic carbocycles. The molecule has 0 spiro atoms. The average Bonchev–Trinajstić information content (AvgIpc) is 3.24. The van der Waals surface area contributed by atoms with Gasteiger partial charge in [-0.1, -0.05) is 13.8 Å². The summed E-state index contributed by atoms with van der Waals surface area (Å²) in [4.78, 5) is 12.5. The minimum atomic E-state index is -4.48. The molecule has 3 rings (SSSR count). The van der Waals surface area contributed by atoms with Crippen molar-refractivity contribution in [3.05, 3.63) is 42.2 Å². The Morgan fingerprint density at radius 3 is 2.52 bits per heavy atom. The molecule has 2 N–H and O–H groups in total. The predicted molar refractivity (Wildman–Crippen MR) is 99.2 cm³/mol. The molecule has 1 fully saturated rings. The van der Waals surface area contributed by atoms with Gasteiger partial charge in [0.05, 0.1) is 17.8 Å². The van der Waals surface area contributed by atoms with Crippen molar-refractivity contribution < 1.29 is 18.0 Å². The van der Waals surface area contributed by atoms with Gasteiger partial charge >= 0.3 is 6.18 Å². The van der Waals surface area contributed by atoms with Crippen molar-refractivity contribution in [1.82, 2.24) is 15.1 Å². The van der Waals surface area contributed by atoms with Crippen LogP contribution in [0.3, 0.4) is 0 Å². The van der Waals surface area contributed by atoms with Gasteiger partial charge < -0.3 is 10.6 Å². The Balaban J connectivity index is 0.00000261. The van der Waals surface area contributed by atoms with Gasteiger partial charge in [0.25, 0.3) is 0 Å². The second-order valence-electron chi connectivity index (χ2n) is 6.78. The number of nitrogens with zero attached hydrogens (tertiary/aromatic N) is 2. The molecule has 2 heterocycles. The second kappa shape index (κ2) is 8.31.